The van der Waals surface area contributed by atoms with Gasteiger partial charge in [0, 0.05) is 4.83 Å². The van der Waals surface area contributed by atoms with Crippen molar-refractivity contribution in [2.45, 2.75) is 36.4 Å². The third-order valence-electron chi connectivity index (χ3n) is 1.70. The lowest BCUT2D eigenvalue weighted by molar-refractivity contribution is 0.0512. The van der Waals surface area contributed by atoms with Crippen molar-refractivity contribution in [3.8, 4) is 0 Å². The molecule has 1 N–H and O–H groups in total. The number of halogens is 2. The minimum Gasteiger partial charge on any atom is -0.389 e. The third-order valence-corrected chi connectivity index (χ3v) is 2.70. The second-order valence-corrected chi connectivity index (χ2v) is 3.63. The predicted molar refractivity (Wildman–Crippen MR) is 37.5 cm³/mol. The molecule has 1 aliphatic rings. The molecule has 0 aromatic heterocycles. The molecule has 0 bridgehead atoms. The first kappa shape index (κ1) is 7.48. The zero-order valence-corrected chi connectivity index (χ0v) is 6.64. The van der Waals surface area contributed by atoms with Crippen molar-refractivity contribution in [1.82, 2.24) is 0 Å². The summed E-state index contributed by atoms with van der Waals surface area (Å²) in [5, 5.41) is 9.02. The number of alkyl halides is 2. The molecule has 0 aromatic rings. The van der Waals surface area contributed by atoms with E-state index in [9.17, 15) is 4.39 Å². The summed E-state index contributed by atoms with van der Waals surface area (Å²) in [5.74, 6) is 0. The average molecular weight is 197 g/mol. The Balaban J connectivity index is 2.41. The molecule has 0 heterocycles. The van der Waals surface area contributed by atoms with Crippen molar-refractivity contribution in [3.63, 3.8) is 0 Å². The Labute approximate surface area is 62.4 Å². The van der Waals surface area contributed by atoms with Gasteiger partial charge in [0.25, 0.3) is 0 Å². The Morgan fingerprint density at radius 1 is 1.44 bits per heavy atom. The van der Waals surface area contributed by atoms with E-state index < -0.39 is 12.3 Å². The summed E-state index contributed by atoms with van der Waals surface area (Å²) in [6.07, 6.45) is 0.501. The molecule has 0 amide bonds. The van der Waals surface area contributed by atoms with E-state index in [0.29, 0.717) is 6.42 Å². The van der Waals surface area contributed by atoms with Crippen LogP contribution in [0, 0.1) is 0 Å². The van der Waals surface area contributed by atoms with Crippen molar-refractivity contribution < 1.29 is 9.50 Å². The van der Waals surface area contributed by atoms with Crippen LogP contribution in [0.3, 0.4) is 0 Å². The summed E-state index contributed by atoms with van der Waals surface area (Å²) in [5.41, 5.74) is 0. The molecule has 0 aromatic carbocycles. The average Bonchev–Trinajstić information content (AvgIpc) is 1.83. The van der Waals surface area contributed by atoms with Crippen LogP contribution in [0.1, 0.15) is 19.3 Å². The minimum atomic E-state index is -1.01. The van der Waals surface area contributed by atoms with Gasteiger partial charge >= 0.3 is 0 Å². The fraction of sp³-hybridized carbons (Fsp3) is 1.00. The van der Waals surface area contributed by atoms with E-state index in [1.807, 2.05) is 0 Å². The van der Waals surface area contributed by atoms with Crippen LogP contribution in [-0.2, 0) is 0 Å². The van der Waals surface area contributed by atoms with Crippen molar-refractivity contribution in [2.24, 2.45) is 0 Å². The summed E-state index contributed by atoms with van der Waals surface area (Å²) in [6.45, 7) is 0. The molecule has 0 unspecified atom stereocenters. The topological polar surface area (TPSA) is 20.2 Å². The molecule has 1 nitrogen and oxygen atoms in total. The van der Waals surface area contributed by atoms with Crippen LogP contribution in [-0.4, -0.2) is 22.2 Å². The maximum atomic E-state index is 12.5. The SMILES string of the molecule is O[C@H]1[C@H](Br)CCC[C@@H]1F. The monoisotopic (exact) mass is 196 g/mol. The van der Waals surface area contributed by atoms with E-state index >= 15 is 0 Å². The smallest absolute Gasteiger partial charge is 0.127 e. The Kier molecular flexibility index (Phi) is 2.47. The zero-order chi connectivity index (χ0) is 6.85. The normalized spacial score (nSPS) is 45.0. The maximum Gasteiger partial charge on any atom is 0.127 e. The molecule has 1 saturated carbocycles. The molecule has 54 valence electrons. The first-order valence-corrected chi connectivity index (χ1v) is 4.09. The highest BCUT2D eigenvalue weighted by molar-refractivity contribution is 9.09. The zero-order valence-electron chi connectivity index (χ0n) is 5.06. The van der Waals surface area contributed by atoms with E-state index in [4.69, 9.17) is 5.11 Å². The Hall–Kier alpha value is 0.370. The minimum absolute atomic E-state index is 0.0266. The van der Waals surface area contributed by atoms with Gasteiger partial charge in [0.1, 0.15) is 6.17 Å². The summed E-state index contributed by atoms with van der Waals surface area (Å²) >= 11 is 3.20. The second-order valence-electron chi connectivity index (χ2n) is 2.45. The van der Waals surface area contributed by atoms with E-state index in [-0.39, 0.29) is 4.83 Å². The highest BCUT2D eigenvalue weighted by Crippen LogP contribution is 2.26. The fourth-order valence-corrected chi connectivity index (χ4v) is 1.73. The van der Waals surface area contributed by atoms with Crippen LogP contribution in [0.25, 0.3) is 0 Å². The van der Waals surface area contributed by atoms with E-state index in [0.717, 1.165) is 12.8 Å². The summed E-state index contributed by atoms with van der Waals surface area (Å²) in [7, 11) is 0. The molecule has 0 radical (unpaired) electrons. The number of aliphatic hydroxyl groups excluding tert-OH is 1. The number of hydrogen-bond acceptors (Lipinski definition) is 1. The molecule has 1 rings (SSSR count). The van der Waals surface area contributed by atoms with Gasteiger partial charge in [0.2, 0.25) is 0 Å². The van der Waals surface area contributed by atoms with Crippen LogP contribution >= 0.6 is 15.9 Å². The van der Waals surface area contributed by atoms with Gasteiger partial charge in [-0.3, -0.25) is 0 Å². The van der Waals surface area contributed by atoms with Crippen LogP contribution in [0.5, 0.6) is 0 Å². The van der Waals surface area contributed by atoms with E-state index in [1.165, 1.54) is 0 Å². The lowest BCUT2D eigenvalue weighted by Gasteiger charge is -2.25. The quantitative estimate of drug-likeness (QED) is 0.585. The van der Waals surface area contributed by atoms with Crippen LogP contribution < -0.4 is 0 Å². The van der Waals surface area contributed by atoms with E-state index in [2.05, 4.69) is 15.9 Å². The van der Waals surface area contributed by atoms with Gasteiger partial charge in [-0.05, 0) is 19.3 Å². The van der Waals surface area contributed by atoms with Gasteiger partial charge < -0.3 is 5.11 Å². The Bertz CT molecular complexity index is 89.1. The largest absolute Gasteiger partial charge is 0.389 e. The predicted octanol–water partition coefficient (Wildman–Crippen LogP) is 1.63. The first-order valence-electron chi connectivity index (χ1n) is 3.18. The fourth-order valence-electron chi connectivity index (χ4n) is 1.08. The highest BCUT2D eigenvalue weighted by atomic mass is 79.9. The van der Waals surface area contributed by atoms with Crippen LogP contribution in [0.2, 0.25) is 0 Å². The van der Waals surface area contributed by atoms with Gasteiger partial charge in [-0.25, -0.2) is 4.39 Å². The first-order chi connectivity index (χ1) is 4.22. The maximum absolute atomic E-state index is 12.5. The van der Waals surface area contributed by atoms with Gasteiger partial charge in [-0.1, -0.05) is 15.9 Å². The molecule has 3 atom stereocenters. The second kappa shape index (κ2) is 2.97. The summed E-state index contributed by atoms with van der Waals surface area (Å²) in [4.78, 5) is -0.0266. The molecular formula is C6H10BrFO. The molecule has 0 saturated heterocycles. The Morgan fingerprint density at radius 3 is 2.56 bits per heavy atom. The van der Waals surface area contributed by atoms with Crippen molar-refractivity contribution in [2.75, 3.05) is 0 Å². The summed E-state index contributed by atoms with van der Waals surface area (Å²) in [6, 6.07) is 0. The Morgan fingerprint density at radius 2 is 2.11 bits per heavy atom. The number of hydrogen-bond donors (Lipinski definition) is 1. The van der Waals surface area contributed by atoms with Gasteiger partial charge in [0.05, 0.1) is 6.10 Å². The molecule has 0 spiro atoms. The lowest BCUT2D eigenvalue weighted by atomic mass is 9.96. The molecule has 1 fully saturated rings. The van der Waals surface area contributed by atoms with Crippen molar-refractivity contribution in [1.29, 1.82) is 0 Å². The number of rotatable bonds is 0. The van der Waals surface area contributed by atoms with Crippen molar-refractivity contribution >= 4 is 15.9 Å². The standard InChI is InChI=1S/C6H10BrFO/c7-4-2-1-3-5(8)6(4)9/h4-6,9H,1-3H2/t4-,5+,6+/m1/s1. The lowest BCUT2D eigenvalue weighted by Crippen LogP contribution is -2.34. The van der Waals surface area contributed by atoms with Crippen molar-refractivity contribution in [3.05, 3.63) is 0 Å². The van der Waals surface area contributed by atoms with E-state index in [1.54, 1.807) is 0 Å². The molecule has 3 heteroatoms. The van der Waals surface area contributed by atoms with Gasteiger partial charge in [0.15, 0.2) is 0 Å². The third kappa shape index (κ3) is 1.64. The highest BCUT2D eigenvalue weighted by Gasteiger charge is 2.29. The van der Waals surface area contributed by atoms with Crippen LogP contribution in [0.15, 0.2) is 0 Å². The molecule has 0 aliphatic heterocycles. The molecule has 9 heavy (non-hydrogen) atoms. The van der Waals surface area contributed by atoms with Gasteiger partial charge in [-0.2, -0.15) is 0 Å². The number of aliphatic hydroxyl groups is 1. The molecular weight excluding hydrogens is 187 g/mol. The van der Waals surface area contributed by atoms with Gasteiger partial charge in [-0.15, -0.1) is 0 Å². The summed E-state index contributed by atoms with van der Waals surface area (Å²) < 4.78 is 12.5. The molecule has 1 aliphatic carbocycles. The van der Waals surface area contributed by atoms with Crippen LogP contribution in [0.4, 0.5) is 4.39 Å².